The first-order valence-corrected chi connectivity index (χ1v) is 14.1. The number of benzene rings is 4. The third-order valence-corrected chi connectivity index (χ3v) is 8.06. The van der Waals surface area contributed by atoms with E-state index >= 15 is 0 Å². The van der Waals surface area contributed by atoms with E-state index in [0.29, 0.717) is 33.6 Å². The fourth-order valence-electron chi connectivity index (χ4n) is 3.86. The van der Waals surface area contributed by atoms with Crippen LogP contribution >= 0.6 is 11.6 Å². The van der Waals surface area contributed by atoms with Gasteiger partial charge in [-0.1, -0.05) is 41.4 Å². The van der Waals surface area contributed by atoms with Crippen LogP contribution in [0.4, 0.5) is 11.4 Å². The number of nitrogens with zero attached hydrogens (tertiary/aromatic N) is 1. The molecule has 1 amide bonds. The van der Waals surface area contributed by atoms with E-state index in [-0.39, 0.29) is 18.0 Å². The lowest BCUT2D eigenvalue weighted by Gasteiger charge is -2.25. The van der Waals surface area contributed by atoms with Crippen LogP contribution in [-0.2, 0) is 21.4 Å². The third-order valence-electron chi connectivity index (χ3n) is 6.02. The van der Waals surface area contributed by atoms with E-state index in [9.17, 15) is 13.2 Å². The van der Waals surface area contributed by atoms with Gasteiger partial charge >= 0.3 is 0 Å². The molecule has 0 fully saturated rings. The Labute approximate surface area is 239 Å². The minimum atomic E-state index is -3.89. The van der Waals surface area contributed by atoms with Crippen molar-refractivity contribution in [3.63, 3.8) is 0 Å². The molecular formula is C30H29ClN2O6S. The fourth-order valence-corrected chi connectivity index (χ4v) is 5.44. The van der Waals surface area contributed by atoms with E-state index in [1.807, 2.05) is 6.92 Å². The predicted octanol–water partition coefficient (Wildman–Crippen LogP) is 6.08. The number of hydrogen-bond acceptors (Lipinski definition) is 6. The molecule has 4 aromatic carbocycles. The van der Waals surface area contributed by atoms with Gasteiger partial charge in [0.2, 0.25) is 0 Å². The number of halogens is 1. The van der Waals surface area contributed by atoms with Crippen molar-refractivity contribution in [3.05, 3.63) is 107 Å². The second-order valence-electron chi connectivity index (χ2n) is 8.85. The van der Waals surface area contributed by atoms with Crippen molar-refractivity contribution in [2.24, 2.45) is 0 Å². The van der Waals surface area contributed by atoms with Crippen molar-refractivity contribution < 1.29 is 27.4 Å². The maximum Gasteiger partial charge on any atom is 0.264 e. The Balaban J connectivity index is 1.51. The van der Waals surface area contributed by atoms with E-state index in [0.717, 1.165) is 11.1 Å². The SMILES string of the molecule is COc1ccc(OC)c(NC(=O)COc2ccc(N(Cc3ccc(Cl)cc3)S(=O)(=O)c3ccc(C)cc3)cc2)c1. The number of carbonyl (C=O) groups excluding carboxylic acids is 1. The zero-order chi connectivity index (χ0) is 28.7. The molecule has 0 unspecified atom stereocenters. The Kier molecular flexibility index (Phi) is 9.19. The van der Waals surface area contributed by atoms with Crippen LogP contribution in [0, 0.1) is 6.92 Å². The fraction of sp³-hybridized carbons (Fsp3) is 0.167. The van der Waals surface area contributed by atoms with Gasteiger partial charge in [-0.15, -0.1) is 0 Å². The molecule has 0 saturated carbocycles. The Bertz CT molecular complexity index is 1560. The van der Waals surface area contributed by atoms with Gasteiger partial charge in [-0.05, 0) is 73.2 Å². The molecule has 0 bridgehead atoms. The molecule has 4 rings (SSSR count). The summed E-state index contributed by atoms with van der Waals surface area (Å²) >= 11 is 6.02. The summed E-state index contributed by atoms with van der Waals surface area (Å²) in [4.78, 5) is 12.7. The Morgan fingerprint density at radius 1 is 0.850 bits per heavy atom. The molecule has 0 saturated heterocycles. The molecule has 0 aliphatic rings. The summed E-state index contributed by atoms with van der Waals surface area (Å²) in [5, 5.41) is 3.31. The minimum absolute atomic E-state index is 0.0956. The molecule has 1 N–H and O–H groups in total. The first kappa shape index (κ1) is 28.8. The Morgan fingerprint density at radius 3 is 2.12 bits per heavy atom. The summed E-state index contributed by atoms with van der Waals surface area (Å²) < 4.78 is 44.8. The zero-order valence-electron chi connectivity index (χ0n) is 22.3. The van der Waals surface area contributed by atoms with E-state index in [1.165, 1.54) is 18.5 Å². The van der Waals surface area contributed by atoms with Crippen LogP contribution in [0.5, 0.6) is 17.2 Å². The minimum Gasteiger partial charge on any atom is -0.497 e. The topological polar surface area (TPSA) is 94.2 Å². The number of aryl methyl sites for hydroxylation is 1. The van der Waals surface area contributed by atoms with E-state index < -0.39 is 15.9 Å². The van der Waals surface area contributed by atoms with Crippen molar-refractivity contribution >= 4 is 38.9 Å². The van der Waals surface area contributed by atoms with Crippen LogP contribution < -0.4 is 23.8 Å². The molecule has 0 aliphatic heterocycles. The Hall–Kier alpha value is -4.21. The van der Waals surface area contributed by atoms with Gasteiger partial charge in [0.25, 0.3) is 15.9 Å². The van der Waals surface area contributed by atoms with Crippen LogP contribution in [0.3, 0.4) is 0 Å². The summed E-state index contributed by atoms with van der Waals surface area (Å²) in [7, 11) is -0.856. The van der Waals surface area contributed by atoms with Gasteiger partial charge in [-0.2, -0.15) is 0 Å². The van der Waals surface area contributed by atoms with Crippen LogP contribution in [0.15, 0.2) is 95.9 Å². The number of methoxy groups -OCH3 is 2. The van der Waals surface area contributed by atoms with Crippen molar-refractivity contribution in [1.82, 2.24) is 0 Å². The molecule has 8 nitrogen and oxygen atoms in total. The molecule has 0 aliphatic carbocycles. The van der Waals surface area contributed by atoms with Gasteiger partial charge in [-0.3, -0.25) is 9.10 Å². The number of sulfonamides is 1. The van der Waals surface area contributed by atoms with Crippen LogP contribution in [-0.4, -0.2) is 35.2 Å². The monoisotopic (exact) mass is 580 g/mol. The van der Waals surface area contributed by atoms with Crippen LogP contribution in [0.1, 0.15) is 11.1 Å². The summed E-state index contributed by atoms with van der Waals surface area (Å²) in [5.41, 5.74) is 2.61. The average Bonchev–Trinajstić information content (AvgIpc) is 2.96. The highest BCUT2D eigenvalue weighted by Gasteiger charge is 2.25. The van der Waals surface area contributed by atoms with Gasteiger partial charge in [0.15, 0.2) is 6.61 Å². The van der Waals surface area contributed by atoms with E-state index in [1.54, 1.807) is 91.0 Å². The summed E-state index contributed by atoms with van der Waals surface area (Å²) in [6.45, 7) is 1.72. The highest BCUT2D eigenvalue weighted by Crippen LogP contribution is 2.30. The van der Waals surface area contributed by atoms with E-state index in [4.69, 9.17) is 25.8 Å². The summed E-state index contributed by atoms with van der Waals surface area (Å²) in [5.74, 6) is 1.04. The maximum absolute atomic E-state index is 13.7. The first-order chi connectivity index (χ1) is 19.2. The standard InChI is InChI=1S/C30H29ClN2O6S/c1-21-4-15-27(16-5-21)40(35,36)33(19-22-6-8-23(31)9-7-22)24-10-12-25(13-11-24)39-20-30(34)32-28-18-26(37-2)14-17-29(28)38-3/h4-18H,19-20H2,1-3H3,(H,32,34). The highest BCUT2D eigenvalue weighted by atomic mass is 35.5. The molecule has 0 aromatic heterocycles. The molecule has 0 radical (unpaired) electrons. The second kappa shape index (κ2) is 12.8. The Morgan fingerprint density at radius 2 is 1.50 bits per heavy atom. The molecule has 40 heavy (non-hydrogen) atoms. The number of nitrogens with one attached hydrogen (secondary N) is 1. The molecule has 0 spiro atoms. The number of anilines is 2. The van der Waals surface area contributed by atoms with Crippen molar-refractivity contribution in [2.45, 2.75) is 18.4 Å². The van der Waals surface area contributed by atoms with Crippen molar-refractivity contribution in [1.29, 1.82) is 0 Å². The zero-order valence-corrected chi connectivity index (χ0v) is 23.8. The molecule has 0 heterocycles. The second-order valence-corrected chi connectivity index (χ2v) is 11.1. The lowest BCUT2D eigenvalue weighted by Crippen LogP contribution is -2.30. The number of ether oxygens (including phenoxy) is 3. The average molecular weight is 581 g/mol. The highest BCUT2D eigenvalue weighted by molar-refractivity contribution is 7.92. The van der Waals surface area contributed by atoms with Crippen molar-refractivity contribution in [2.75, 3.05) is 30.4 Å². The predicted molar refractivity (Wildman–Crippen MR) is 156 cm³/mol. The molecular weight excluding hydrogens is 552 g/mol. The number of amides is 1. The van der Waals surface area contributed by atoms with E-state index in [2.05, 4.69) is 5.32 Å². The van der Waals surface area contributed by atoms with Gasteiger partial charge in [0.1, 0.15) is 17.2 Å². The smallest absolute Gasteiger partial charge is 0.264 e. The van der Waals surface area contributed by atoms with Crippen LogP contribution in [0.2, 0.25) is 5.02 Å². The quantitative estimate of drug-likeness (QED) is 0.231. The third kappa shape index (κ3) is 7.05. The molecule has 10 heteroatoms. The van der Waals surface area contributed by atoms with Gasteiger partial charge in [0.05, 0.1) is 37.0 Å². The molecule has 4 aromatic rings. The number of carbonyl (C=O) groups is 1. The first-order valence-electron chi connectivity index (χ1n) is 12.3. The summed E-state index contributed by atoms with van der Waals surface area (Å²) in [6, 6.07) is 25.3. The van der Waals surface area contributed by atoms with Crippen molar-refractivity contribution in [3.8, 4) is 17.2 Å². The van der Waals surface area contributed by atoms with Gasteiger partial charge < -0.3 is 19.5 Å². The normalized spacial score (nSPS) is 11.0. The largest absolute Gasteiger partial charge is 0.497 e. The van der Waals surface area contributed by atoms with Gasteiger partial charge in [0, 0.05) is 11.1 Å². The molecule has 0 atom stereocenters. The lowest BCUT2D eigenvalue weighted by molar-refractivity contribution is -0.118. The van der Waals surface area contributed by atoms with Crippen LogP contribution in [0.25, 0.3) is 0 Å². The van der Waals surface area contributed by atoms with Gasteiger partial charge in [-0.25, -0.2) is 8.42 Å². The number of rotatable bonds is 11. The number of hydrogen-bond donors (Lipinski definition) is 1. The lowest BCUT2D eigenvalue weighted by atomic mass is 10.2. The maximum atomic E-state index is 13.7. The molecule has 208 valence electrons. The summed E-state index contributed by atoms with van der Waals surface area (Å²) in [6.07, 6.45) is 0.